The number of hydrogen-bond donors (Lipinski definition) is 1. The molecule has 0 radical (unpaired) electrons. The van der Waals surface area contributed by atoms with Crippen LogP contribution in [0.4, 0.5) is 20.2 Å². The second kappa shape index (κ2) is 8.26. The Balaban J connectivity index is 1.44. The molecule has 0 atom stereocenters. The molecule has 5 rings (SSSR count). The Bertz CT molecular complexity index is 1190. The van der Waals surface area contributed by atoms with Gasteiger partial charge in [0.15, 0.2) is 5.65 Å². The lowest BCUT2D eigenvalue weighted by atomic mass is 10.0. The fourth-order valence-electron chi connectivity index (χ4n) is 4.54. The zero-order valence-electron chi connectivity index (χ0n) is 18.6. The molecule has 8 nitrogen and oxygen atoms in total. The molecule has 0 aliphatic carbocycles. The van der Waals surface area contributed by atoms with Crippen LogP contribution in [0, 0.1) is 0 Å². The number of hydrogen-bond acceptors (Lipinski definition) is 6. The minimum Gasteiger partial charge on any atom is -0.487 e. The summed E-state index contributed by atoms with van der Waals surface area (Å²) in [6.07, 6.45) is 3.23. The van der Waals surface area contributed by atoms with Crippen molar-refractivity contribution in [2.45, 2.75) is 32.3 Å². The molecule has 0 spiro atoms. The molecular formula is C23H26F2N6O2. The van der Waals surface area contributed by atoms with Gasteiger partial charge in [-0.25, -0.2) is 18.3 Å². The molecule has 1 fully saturated rings. The summed E-state index contributed by atoms with van der Waals surface area (Å²) >= 11 is 0. The standard InChI is InChI=1S/C23H26F2N6O2/c1-23(2)12-15-10-17(28-22(32)16-13-27-31-5-3-4-26-21(16)31)18(11-19(15)33-23)30-8-6-29(7-9-30)14-20(24)25/h3-5,10-11,13,20H,6-9,12,14H2,1-2H3,(H,28,32). The molecule has 1 amide bonds. The van der Waals surface area contributed by atoms with Gasteiger partial charge in [0.05, 0.1) is 24.1 Å². The first kappa shape index (κ1) is 21.6. The van der Waals surface area contributed by atoms with Crippen LogP contribution in [0.5, 0.6) is 5.75 Å². The summed E-state index contributed by atoms with van der Waals surface area (Å²) in [6.45, 7) is 6.04. The first-order valence-corrected chi connectivity index (χ1v) is 11.0. The van der Waals surface area contributed by atoms with E-state index >= 15 is 0 Å². The van der Waals surface area contributed by atoms with Crippen LogP contribution in [0.25, 0.3) is 5.65 Å². The minimum atomic E-state index is -2.35. The van der Waals surface area contributed by atoms with Crippen molar-refractivity contribution in [1.29, 1.82) is 0 Å². The Morgan fingerprint density at radius 2 is 2.03 bits per heavy atom. The van der Waals surface area contributed by atoms with Crippen LogP contribution in [0.2, 0.25) is 0 Å². The van der Waals surface area contributed by atoms with Crippen molar-refractivity contribution >= 4 is 22.9 Å². The summed E-state index contributed by atoms with van der Waals surface area (Å²) in [4.78, 5) is 21.3. The van der Waals surface area contributed by atoms with E-state index in [1.54, 1.807) is 27.9 Å². The van der Waals surface area contributed by atoms with Crippen molar-refractivity contribution in [3.8, 4) is 5.75 Å². The Morgan fingerprint density at radius 1 is 1.24 bits per heavy atom. The van der Waals surface area contributed by atoms with Crippen LogP contribution in [-0.4, -0.2) is 70.2 Å². The van der Waals surface area contributed by atoms with Gasteiger partial charge < -0.3 is 15.0 Å². The van der Waals surface area contributed by atoms with E-state index in [2.05, 4.69) is 20.3 Å². The van der Waals surface area contributed by atoms with Gasteiger partial charge in [-0.05, 0) is 26.0 Å². The molecule has 3 aromatic rings. The first-order chi connectivity index (χ1) is 15.8. The molecule has 2 aromatic heterocycles. The van der Waals surface area contributed by atoms with Gasteiger partial charge in [-0.1, -0.05) is 0 Å². The van der Waals surface area contributed by atoms with Gasteiger partial charge in [-0.2, -0.15) is 5.10 Å². The third-order valence-corrected chi connectivity index (χ3v) is 6.06. The Morgan fingerprint density at radius 3 is 2.79 bits per heavy atom. The van der Waals surface area contributed by atoms with Crippen molar-refractivity contribution in [2.24, 2.45) is 0 Å². The molecule has 33 heavy (non-hydrogen) atoms. The van der Waals surface area contributed by atoms with Gasteiger partial charge in [0.25, 0.3) is 12.3 Å². The number of nitrogens with zero attached hydrogens (tertiary/aromatic N) is 5. The second-order valence-corrected chi connectivity index (χ2v) is 9.09. The van der Waals surface area contributed by atoms with Gasteiger partial charge in [0.2, 0.25) is 0 Å². The van der Waals surface area contributed by atoms with Crippen LogP contribution >= 0.6 is 0 Å². The van der Waals surface area contributed by atoms with Gasteiger partial charge >= 0.3 is 0 Å². The molecule has 174 valence electrons. The van der Waals surface area contributed by atoms with Crippen molar-refractivity contribution in [3.05, 3.63) is 47.9 Å². The van der Waals surface area contributed by atoms with E-state index in [1.165, 1.54) is 6.20 Å². The van der Waals surface area contributed by atoms with Crippen LogP contribution < -0.4 is 15.0 Å². The largest absolute Gasteiger partial charge is 0.487 e. The summed E-state index contributed by atoms with van der Waals surface area (Å²) < 4.78 is 33.2. The molecule has 4 heterocycles. The Labute approximate surface area is 190 Å². The number of amides is 1. The quantitative estimate of drug-likeness (QED) is 0.636. The zero-order chi connectivity index (χ0) is 23.2. The van der Waals surface area contributed by atoms with Crippen molar-refractivity contribution < 1.29 is 18.3 Å². The smallest absolute Gasteiger partial charge is 0.261 e. The number of rotatable bonds is 5. The third kappa shape index (κ3) is 4.35. The maximum absolute atomic E-state index is 13.2. The average molecular weight is 456 g/mol. The number of halogens is 2. The molecule has 1 N–H and O–H groups in total. The van der Waals surface area contributed by atoms with E-state index in [0.717, 1.165) is 23.4 Å². The fraction of sp³-hybridized carbons (Fsp3) is 0.435. The SMILES string of the molecule is CC1(C)Cc2cc(NC(=O)c3cnn4cccnc34)c(N3CCN(CC(F)F)CC3)cc2O1. The van der Waals surface area contributed by atoms with Crippen LogP contribution in [0.15, 0.2) is 36.8 Å². The van der Waals surface area contributed by atoms with Gasteiger partial charge in [-0.15, -0.1) is 0 Å². The monoisotopic (exact) mass is 456 g/mol. The highest BCUT2D eigenvalue weighted by Crippen LogP contribution is 2.42. The number of anilines is 2. The Kier molecular flexibility index (Phi) is 5.40. The van der Waals surface area contributed by atoms with Crippen molar-refractivity contribution in [3.63, 3.8) is 0 Å². The van der Waals surface area contributed by atoms with Crippen molar-refractivity contribution in [2.75, 3.05) is 42.9 Å². The highest BCUT2D eigenvalue weighted by atomic mass is 19.3. The molecule has 0 bridgehead atoms. The summed E-state index contributed by atoms with van der Waals surface area (Å²) in [7, 11) is 0. The van der Waals surface area contributed by atoms with E-state index in [0.29, 0.717) is 43.1 Å². The predicted molar refractivity (Wildman–Crippen MR) is 120 cm³/mol. The number of benzene rings is 1. The molecule has 2 aliphatic heterocycles. The number of carbonyl (C=O) groups is 1. The van der Waals surface area contributed by atoms with E-state index in [9.17, 15) is 13.6 Å². The molecular weight excluding hydrogens is 430 g/mol. The number of ether oxygens (including phenoxy) is 1. The number of fused-ring (bicyclic) bond motifs is 2. The summed E-state index contributed by atoms with van der Waals surface area (Å²) in [6, 6.07) is 5.66. The van der Waals surface area contributed by atoms with Gasteiger partial charge in [0, 0.05) is 56.6 Å². The summed E-state index contributed by atoms with van der Waals surface area (Å²) in [5, 5.41) is 7.24. The molecule has 1 aromatic carbocycles. The van der Waals surface area contributed by atoms with E-state index in [1.807, 2.05) is 26.0 Å². The maximum atomic E-state index is 13.2. The number of alkyl halides is 2. The second-order valence-electron chi connectivity index (χ2n) is 9.09. The summed E-state index contributed by atoms with van der Waals surface area (Å²) in [5.41, 5.74) is 3.03. The first-order valence-electron chi connectivity index (χ1n) is 11.0. The highest BCUT2D eigenvalue weighted by Gasteiger charge is 2.33. The van der Waals surface area contributed by atoms with E-state index < -0.39 is 6.43 Å². The maximum Gasteiger partial charge on any atom is 0.261 e. The lowest BCUT2D eigenvalue weighted by Crippen LogP contribution is -2.48. The molecule has 0 saturated carbocycles. The molecule has 0 unspecified atom stereocenters. The number of piperazine rings is 1. The minimum absolute atomic E-state index is 0.222. The normalized spacial score (nSPS) is 17.9. The van der Waals surface area contributed by atoms with E-state index in [-0.39, 0.29) is 18.1 Å². The topological polar surface area (TPSA) is 75.0 Å². The third-order valence-electron chi connectivity index (χ3n) is 6.06. The van der Waals surface area contributed by atoms with E-state index in [4.69, 9.17) is 4.74 Å². The van der Waals surface area contributed by atoms with Gasteiger partial charge in [-0.3, -0.25) is 9.69 Å². The van der Waals surface area contributed by atoms with Gasteiger partial charge in [0.1, 0.15) is 16.9 Å². The van der Waals surface area contributed by atoms with Crippen LogP contribution in [-0.2, 0) is 6.42 Å². The lowest BCUT2D eigenvalue weighted by molar-refractivity contribution is 0.0854. The molecule has 10 heteroatoms. The number of carbonyl (C=O) groups excluding carboxylic acids is 1. The average Bonchev–Trinajstić information content (AvgIpc) is 3.32. The number of nitrogens with one attached hydrogen (secondary N) is 1. The zero-order valence-corrected chi connectivity index (χ0v) is 18.6. The van der Waals surface area contributed by atoms with Crippen LogP contribution in [0.1, 0.15) is 29.8 Å². The van der Waals surface area contributed by atoms with Crippen molar-refractivity contribution in [1.82, 2.24) is 19.5 Å². The molecule has 1 saturated heterocycles. The number of aromatic nitrogens is 3. The Hall–Kier alpha value is -3.27. The molecule has 2 aliphatic rings. The predicted octanol–water partition coefficient (Wildman–Crippen LogP) is 3.08. The van der Waals surface area contributed by atoms with Crippen LogP contribution in [0.3, 0.4) is 0 Å². The lowest BCUT2D eigenvalue weighted by Gasteiger charge is -2.37. The fourth-order valence-corrected chi connectivity index (χ4v) is 4.54. The highest BCUT2D eigenvalue weighted by molar-refractivity contribution is 6.09. The summed E-state index contributed by atoms with van der Waals surface area (Å²) in [5.74, 6) is 0.486.